The van der Waals surface area contributed by atoms with Crippen LogP contribution in [0.1, 0.15) is 12.0 Å². The minimum atomic E-state index is -0.172. The zero-order chi connectivity index (χ0) is 11.4. The van der Waals surface area contributed by atoms with Crippen molar-refractivity contribution in [2.45, 2.75) is 18.9 Å². The van der Waals surface area contributed by atoms with Crippen molar-refractivity contribution >= 4 is 0 Å². The first-order valence-electron chi connectivity index (χ1n) is 5.79. The Bertz CT molecular complexity index is 325. The summed E-state index contributed by atoms with van der Waals surface area (Å²) in [6.07, 6.45) is 2.01. The van der Waals surface area contributed by atoms with E-state index in [1.807, 2.05) is 19.2 Å². The summed E-state index contributed by atoms with van der Waals surface area (Å²) in [4.78, 5) is 0. The quantitative estimate of drug-likeness (QED) is 0.846. The van der Waals surface area contributed by atoms with Crippen LogP contribution < -0.4 is 5.32 Å². The number of halogens is 1. The molecule has 0 aliphatic carbocycles. The first-order chi connectivity index (χ1) is 7.79. The third-order valence-electron chi connectivity index (χ3n) is 3.26. The molecular formula is C13H18FNO. The van der Waals surface area contributed by atoms with Crippen LogP contribution in [0.3, 0.4) is 0 Å². The number of hydrogen-bond acceptors (Lipinski definition) is 2. The van der Waals surface area contributed by atoms with Gasteiger partial charge in [-0.3, -0.25) is 0 Å². The van der Waals surface area contributed by atoms with E-state index in [4.69, 9.17) is 4.74 Å². The first-order valence-corrected chi connectivity index (χ1v) is 5.79. The second kappa shape index (κ2) is 5.41. The topological polar surface area (TPSA) is 21.3 Å². The predicted octanol–water partition coefficient (Wildman–Crippen LogP) is 1.99. The van der Waals surface area contributed by atoms with E-state index in [0.717, 1.165) is 26.1 Å². The van der Waals surface area contributed by atoms with Crippen LogP contribution >= 0.6 is 0 Å². The molecule has 0 spiro atoms. The summed E-state index contributed by atoms with van der Waals surface area (Å²) in [5.74, 6) is 0.318. The average Bonchev–Trinajstić information content (AvgIpc) is 2.33. The monoisotopic (exact) mass is 223 g/mol. The second-order valence-corrected chi connectivity index (χ2v) is 4.35. The molecule has 0 amide bonds. The maximum Gasteiger partial charge on any atom is 0.123 e. The summed E-state index contributed by atoms with van der Waals surface area (Å²) in [5, 5.41) is 3.33. The van der Waals surface area contributed by atoms with Gasteiger partial charge < -0.3 is 10.1 Å². The van der Waals surface area contributed by atoms with E-state index in [9.17, 15) is 4.39 Å². The molecule has 1 aromatic carbocycles. The molecule has 0 saturated carbocycles. The van der Waals surface area contributed by atoms with Gasteiger partial charge in [-0.1, -0.05) is 12.1 Å². The van der Waals surface area contributed by atoms with Crippen LogP contribution in [0.4, 0.5) is 4.39 Å². The van der Waals surface area contributed by atoms with E-state index in [-0.39, 0.29) is 5.82 Å². The molecule has 2 rings (SSSR count). The minimum absolute atomic E-state index is 0.172. The van der Waals surface area contributed by atoms with Crippen molar-refractivity contribution in [1.82, 2.24) is 5.32 Å². The summed E-state index contributed by atoms with van der Waals surface area (Å²) in [6.45, 7) is 1.63. The Hall–Kier alpha value is -0.930. The van der Waals surface area contributed by atoms with Gasteiger partial charge in [0.1, 0.15) is 5.82 Å². The average molecular weight is 223 g/mol. The molecule has 16 heavy (non-hydrogen) atoms. The van der Waals surface area contributed by atoms with Gasteiger partial charge >= 0.3 is 0 Å². The van der Waals surface area contributed by atoms with E-state index < -0.39 is 0 Å². The Morgan fingerprint density at radius 3 is 2.81 bits per heavy atom. The van der Waals surface area contributed by atoms with E-state index in [1.54, 1.807) is 0 Å². The van der Waals surface area contributed by atoms with Crippen LogP contribution in [0.5, 0.6) is 0 Å². The summed E-state index contributed by atoms with van der Waals surface area (Å²) >= 11 is 0. The molecule has 2 atom stereocenters. The summed E-state index contributed by atoms with van der Waals surface area (Å²) < 4.78 is 18.3. The van der Waals surface area contributed by atoms with E-state index in [0.29, 0.717) is 12.0 Å². The maximum atomic E-state index is 12.8. The molecule has 1 aromatic rings. The van der Waals surface area contributed by atoms with Crippen molar-refractivity contribution in [3.63, 3.8) is 0 Å². The zero-order valence-corrected chi connectivity index (χ0v) is 9.58. The van der Waals surface area contributed by atoms with Gasteiger partial charge in [-0.2, -0.15) is 0 Å². The third kappa shape index (κ3) is 2.80. The SMILES string of the molecule is CN[C@@H]1CCOC[C@@H]1Cc1ccc(F)cc1. The van der Waals surface area contributed by atoms with Crippen molar-refractivity contribution in [2.24, 2.45) is 5.92 Å². The lowest BCUT2D eigenvalue weighted by Crippen LogP contribution is -2.41. The van der Waals surface area contributed by atoms with Gasteiger partial charge in [0.2, 0.25) is 0 Å². The molecule has 0 aromatic heterocycles. The fourth-order valence-corrected chi connectivity index (χ4v) is 2.30. The molecule has 2 nitrogen and oxygen atoms in total. The van der Waals surface area contributed by atoms with Crippen LogP contribution in [0.2, 0.25) is 0 Å². The normalized spacial score (nSPS) is 25.6. The Kier molecular flexibility index (Phi) is 3.91. The smallest absolute Gasteiger partial charge is 0.123 e. The Morgan fingerprint density at radius 2 is 2.12 bits per heavy atom. The molecule has 3 heteroatoms. The van der Waals surface area contributed by atoms with E-state index >= 15 is 0 Å². The molecule has 1 aliphatic heterocycles. The van der Waals surface area contributed by atoms with Crippen molar-refractivity contribution in [3.8, 4) is 0 Å². The van der Waals surface area contributed by atoms with Crippen molar-refractivity contribution in [2.75, 3.05) is 20.3 Å². The Labute approximate surface area is 95.8 Å². The molecule has 1 N–H and O–H groups in total. The summed E-state index contributed by atoms with van der Waals surface area (Å²) in [5.41, 5.74) is 1.18. The fraction of sp³-hybridized carbons (Fsp3) is 0.538. The highest BCUT2D eigenvalue weighted by atomic mass is 19.1. The van der Waals surface area contributed by atoms with Crippen LogP contribution in [0.25, 0.3) is 0 Å². The van der Waals surface area contributed by atoms with Crippen LogP contribution in [-0.2, 0) is 11.2 Å². The second-order valence-electron chi connectivity index (χ2n) is 4.35. The van der Waals surface area contributed by atoms with Crippen LogP contribution in [0.15, 0.2) is 24.3 Å². The lowest BCUT2D eigenvalue weighted by atomic mass is 9.89. The van der Waals surface area contributed by atoms with Gasteiger partial charge in [-0.25, -0.2) is 4.39 Å². The molecule has 1 aliphatic rings. The molecule has 0 unspecified atom stereocenters. The number of ether oxygens (including phenoxy) is 1. The molecule has 0 bridgehead atoms. The summed E-state index contributed by atoms with van der Waals surface area (Å²) in [6, 6.07) is 7.27. The van der Waals surface area contributed by atoms with Gasteiger partial charge in [0.05, 0.1) is 6.61 Å². The van der Waals surface area contributed by atoms with Crippen molar-refractivity contribution in [3.05, 3.63) is 35.6 Å². The predicted molar refractivity (Wildman–Crippen MR) is 61.9 cm³/mol. The van der Waals surface area contributed by atoms with Gasteiger partial charge in [-0.05, 0) is 37.6 Å². The highest BCUT2D eigenvalue weighted by Gasteiger charge is 2.24. The number of rotatable bonds is 3. The zero-order valence-electron chi connectivity index (χ0n) is 9.58. The molecule has 0 radical (unpaired) electrons. The van der Waals surface area contributed by atoms with E-state index in [2.05, 4.69) is 5.32 Å². The van der Waals surface area contributed by atoms with Gasteiger partial charge in [0.25, 0.3) is 0 Å². The van der Waals surface area contributed by atoms with Crippen LogP contribution in [-0.4, -0.2) is 26.3 Å². The number of nitrogens with one attached hydrogen (secondary N) is 1. The lowest BCUT2D eigenvalue weighted by Gasteiger charge is -2.31. The van der Waals surface area contributed by atoms with Gasteiger partial charge in [-0.15, -0.1) is 0 Å². The highest BCUT2D eigenvalue weighted by Crippen LogP contribution is 2.19. The van der Waals surface area contributed by atoms with Crippen molar-refractivity contribution < 1.29 is 9.13 Å². The largest absolute Gasteiger partial charge is 0.381 e. The minimum Gasteiger partial charge on any atom is -0.381 e. The Balaban J connectivity index is 1.99. The standard InChI is InChI=1S/C13H18FNO/c1-15-13-6-7-16-9-11(13)8-10-2-4-12(14)5-3-10/h2-5,11,13,15H,6-9H2,1H3/t11-,13+/m0/s1. The Morgan fingerprint density at radius 1 is 1.38 bits per heavy atom. The van der Waals surface area contributed by atoms with Crippen molar-refractivity contribution in [1.29, 1.82) is 0 Å². The molecule has 1 heterocycles. The van der Waals surface area contributed by atoms with E-state index in [1.165, 1.54) is 17.7 Å². The maximum absolute atomic E-state index is 12.8. The number of benzene rings is 1. The number of hydrogen-bond donors (Lipinski definition) is 1. The van der Waals surface area contributed by atoms with Gasteiger partial charge in [0, 0.05) is 18.6 Å². The lowest BCUT2D eigenvalue weighted by molar-refractivity contribution is 0.0342. The summed E-state index contributed by atoms with van der Waals surface area (Å²) in [7, 11) is 1.99. The molecule has 88 valence electrons. The third-order valence-corrected chi connectivity index (χ3v) is 3.26. The van der Waals surface area contributed by atoms with Crippen LogP contribution in [0, 0.1) is 11.7 Å². The molecule has 1 fully saturated rings. The first kappa shape index (κ1) is 11.6. The fourth-order valence-electron chi connectivity index (χ4n) is 2.30. The highest BCUT2D eigenvalue weighted by molar-refractivity contribution is 5.17. The molecular weight excluding hydrogens is 205 g/mol. The molecule has 1 saturated heterocycles. The van der Waals surface area contributed by atoms with Gasteiger partial charge in [0.15, 0.2) is 0 Å².